The summed E-state index contributed by atoms with van der Waals surface area (Å²) in [7, 11) is 0. The van der Waals surface area contributed by atoms with Crippen LogP contribution in [0.2, 0.25) is 0 Å². The average molecular weight is 263 g/mol. The first kappa shape index (κ1) is 16.2. The molecular weight excluding hydrogens is 234 g/mol. The van der Waals surface area contributed by atoms with Gasteiger partial charge in [-0.15, -0.1) is 0 Å². The Morgan fingerprint density at radius 1 is 1.21 bits per heavy atom. The number of benzene rings is 1. The monoisotopic (exact) mass is 263 g/mol. The van der Waals surface area contributed by atoms with Gasteiger partial charge in [-0.1, -0.05) is 18.2 Å². The Bertz CT molecular complexity index is 357. The second kappa shape index (κ2) is 9.08. The van der Waals surface area contributed by atoms with Gasteiger partial charge in [0, 0.05) is 25.7 Å². The van der Waals surface area contributed by atoms with E-state index in [1.807, 2.05) is 0 Å². The largest absolute Gasteiger partial charge is 0.330 e. The maximum Gasteiger partial charge on any atom is 0.0164 e. The van der Waals surface area contributed by atoms with Crippen LogP contribution in [0.15, 0.2) is 18.2 Å². The Kier molecular flexibility index (Phi) is 7.72. The van der Waals surface area contributed by atoms with Crippen molar-refractivity contribution in [3.05, 3.63) is 34.9 Å². The van der Waals surface area contributed by atoms with Crippen LogP contribution in [0.3, 0.4) is 0 Å². The maximum atomic E-state index is 5.44. The molecule has 0 bridgehead atoms. The van der Waals surface area contributed by atoms with Crippen LogP contribution in [0.1, 0.15) is 30.0 Å². The standard InChI is InChI=1S/C11H17N.C5H12N2/c1-9-5-6-11(4-3-7-12)8-10(9)2;1-5-4-6-2-3-7-5/h5-6,8H,3-4,7,12H2,1-2H3;5-7H,2-4H2,1H3. The average Bonchev–Trinajstić information content (AvgIpc) is 2.42. The maximum absolute atomic E-state index is 5.44. The van der Waals surface area contributed by atoms with Gasteiger partial charge >= 0.3 is 0 Å². The molecule has 1 atom stereocenters. The van der Waals surface area contributed by atoms with E-state index in [1.165, 1.54) is 16.7 Å². The quantitative estimate of drug-likeness (QED) is 0.779. The first-order valence-corrected chi connectivity index (χ1v) is 7.33. The van der Waals surface area contributed by atoms with E-state index >= 15 is 0 Å². The van der Waals surface area contributed by atoms with Gasteiger partial charge in [0.25, 0.3) is 0 Å². The lowest BCUT2D eigenvalue weighted by molar-refractivity contribution is 0.442. The van der Waals surface area contributed by atoms with Crippen molar-refractivity contribution in [2.45, 2.75) is 39.7 Å². The van der Waals surface area contributed by atoms with E-state index in [-0.39, 0.29) is 0 Å². The fourth-order valence-electron chi connectivity index (χ4n) is 2.06. The van der Waals surface area contributed by atoms with Crippen LogP contribution in [0.4, 0.5) is 0 Å². The molecule has 0 amide bonds. The Morgan fingerprint density at radius 3 is 2.47 bits per heavy atom. The molecule has 1 heterocycles. The third-order valence-electron chi connectivity index (χ3n) is 3.49. The summed E-state index contributed by atoms with van der Waals surface area (Å²) in [5, 5.41) is 6.59. The van der Waals surface area contributed by atoms with E-state index in [0.717, 1.165) is 39.0 Å². The van der Waals surface area contributed by atoms with Gasteiger partial charge in [0.1, 0.15) is 0 Å². The van der Waals surface area contributed by atoms with E-state index in [4.69, 9.17) is 5.73 Å². The fourth-order valence-corrected chi connectivity index (χ4v) is 2.06. The smallest absolute Gasteiger partial charge is 0.0164 e. The van der Waals surface area contributed by atoms with Crippen molar-refractivity contribution in [1.82, 2.24) is 10.6 Å². The summed E-state index contributed by atoms with van der Waals surface area (Å²) >= 11 is 0. The molecule has 0 saturated carbocycles. The van der Waals surface area contributed by atoms with Crippen molar-refractivity contribution in [3.63, 3.8) is 0 Å². The highest BCUT2D eigenvalue weighted by Crippen LogP contribution is 2.10. The van der Waals surface area contributed by atoms with Crippen LogP contribution < -0.4 is 16.4 Å². The summed E-state index contributed by atoms with van der Waals surface area (Å²) in [6.45, 7) is 10.6. The van der Waals surface area contributed by atoms with Crippen molar-refractivity contribution in [2.24, 2.45) is 5.73 Å². The molecule has 3 heteroatoms. The van der Waals surface area contributed by atoms with Gasteiger partial charge in [0.05, 0.1) is 0 Å². The third kappa shape index (κ3) is 6.71. The molecule has 1 saturated heterocycles. The molecule has 3 nitrogen and oxygen atoms in total. The minimum Gasteiger partial charge on any atom is -0.330 e. The lowest BCUT2D eigenvalue weighted by atomic mass is 10.0. The van der Waals surface area contributed by atoms with Crippen molar-refractivity contribution in [1.29, 1.82) is 0 Å². The molecule has 4 N–H and O–H groups in total. The molecular formula is C16H29N3. The molecule has 0 radical (unpaired) electrons. The first-order valence-electron chi connectivity index (χ1n) is 7.33. The minimum atomic E-state index is 0.675. The number of hydrogen-bond donors (Lipinski definition) is 3. The lowest BCUT2D eigenvalue weighted by Crippen LogP contribution is -2.46. The zero-order chi connectivity index (χ0) is 14.1. The van der Waals surface area contributed by atoms with Gasteiger partial charge in [-0.3, -0.25) is 0 Å². The molecule has 2 rings (SSSR count). The SMILES string of the molecule is CC1CNCCN1.Cc1ccc(CCCN)cc1C. The Morgan fingerprint density at radius 2 is 2.00 bits per heavy atom. The zero-order valence-corrected chi connectivity index (χ0v) is 12.6. The Labute approximate surface area is 118 Å². The summed E-state index contributed by atoms with van der Waals surface area (Å²) in [6.07, 6.45) is 2.19. The predicted molar refractivity (Wildman–Crippen MR) is 83.6 cm³/mol. The fraction of sp³-hybridized carbons (Fsp3) is 0.625. The summed E-state index contributed by atoms with van der Waals surface area (Å²) < 4.78 is 0. The van der Waals surface area contributed by atoms with Gasteiger partial charge in [0.15, 0.2) is 0 Å². The highest BCUT2D eigenvalue weighted by molar-refractivity contribution is 5.29. The van der Waals surface area contributed by atoms with Gasteiger partial charge in [0.2, 0.25) is 0 Å². The molecule has 1 fully saturated rings. The molecule has 0 aromatic heterocycles. The topological polar surface area (TPSA) is 50.1 Å². The van der Waals surface area contributed by atoms with Gasteiger partial charge in [-0.25, -0.2) is 0 Å². The molecule has 108 valence electrons. The highest BCUT2D eigenvalue weighted by atomic mass is 15.0. The second-order valence-corrected chi connectivity index (χ2v) is 5.37. The normalized spacial score (nSPS) is 18.6. The molecule has 1 aromatic rings. The van der Waals surface area contributed by atoms with Crippen molar-refractivity contribution < 1.29 is 0 Å². The molecule has 1 aliphatic heterocycles. The first-order chi connectivity index (χ1) is 9.13. The summed E-state index contributed by atoms with van der Waals surface area (Å²) in [5.74, 6) is 0. The number of nitrogens with one attached hydrogen (secondary N) is 2. The minimum absolute atomic E-state index is 0.675. The predicted octanol–water partition coefficient (Wildman–Crippen LogP) is 1.76. The third-order valence-corrected chi connectivity index (χ3v) is 3.49. The van der Waals surface area contributed by atoms with Crippen LogP contribution in [0.5, 0.6) is 0 Å². The van der Waals surface area contributed by atoms with Crippen LogP contribution >= 0.6 is 0 Å². The Hall–Kier alpha value is -0.900. The Balaban J connectivity index is 0.000000218. The molecule has 0 aliphatic carbocycles. The molecule has 19 heavy (non-hydrogen) atoms. The van der Waals surface area contributed by atoms with Gasteiger partial charge < -0.3 is 16.4 Å². The van der Waals surface area contributed by atoms with E-state index in [1.54, 1.807) is 0 Å². The second-order valence-electron chi connectivity index (χ2n) is 5.37. The highest BCUT2D eigenvalue weighted by Gasteiger charge is 2.03. The van der Waals surface area contributed by atoms with Crippen molar-refractivity contribution in [3.8, 4) is 0 Å². The van der Waals surface area contributed by atoms with Crippen LogP contribution in [0.25, 0.3) is 0 Å². The van der Waals surface area contributed by atoms with Gasteiger partial charge in [-0.05, 0) is 56.8 Å². The van der Waals surface area contributed by atoms with Gasteiger partial charge in [-0.2, -0.15) is 0 Å². The number of hydrogen-bond acceptors (Lipinski definition) is 3. The van der Waals surface area contributed by atoms with Crippen LogP contribution in [0, 0.1) is 13.8 Å². The van der Waals surface area contributed by atoms with E-state index < -0.39 is 0 Å². The van der Waals surface area contributed by atoms with E-state index in [2.05, 4.69) is 49.6 Å². The van der Waals surface area contributed by atoms with E-state index in [9.17, 15) is 0 Å². The summed E-state index contributed by atoms with van der Waals surface area (Å²) in [5.41, 5.74) is 9.60. The zero-order valence-electron chi connectivity index (χ0n) is 12.6. The van der Waals surface area contributed by atoms with Crippen molar-refractivity contribution in [2.75, 3.05) is 26.2 Å². The number of rotatable bonds is 3. The number of piperazine rings is 1. The van der Waals surface area contributed by atoms with Crippen molar-refractivity contribution >= 4 is 0 Å². The summed E-state index contributed by atoms with van der Waals surface area (Å²) in [6, 6.07) is 7.30. The number of nitrogens with two attached hydrogens (primary N) is 1. The van der Waals surface area contributed by atoms with Crippen LogP contribution in [-0.2, 0) is 6.42 Å². The molecule has 1 aromatic carbocycles. The summed E-state index contributed by atoms with van der Waals surface area (Å²) in [4.78, 5) is 0. The lowest BCUT2D eigenvalue weighted by Gasteiger charge is -2.19. The molecule has 0 spiro atoms. The molecule has 1 unspecified atom stereocenters. The van der Waals surface area contributed by atoms with Crippen LogP contribution in [-0.4, -0.2) is 32.2 Å². The number of aryl methyl sites for hydroxylation is 3. The molecule has 1 aliphatic rings. The van der Waals surface area contributed by atoms with E-state index in [0.29, 0.717) is 6.04 Å².